The van der Waals surface area contributed by atoms with Gasteiger partial charge >= 0.3 is 0 Å². The van der Waals surface area contributed by atoms with E-state index in [0.29, 0.717) is 5.92 Å². The number of hydrogen-bond donors (Lipinski definition) is 0. The van der Waals surface area contributed by atoms with Gasteiger partial charge in [-0.3, -0.25) is 0 Å². The van der Waals surface area contributed by atoms with Crippen LogP contribution in [0.25, 0.3) is 11.3 Å². The number of piperidine rings is 1. The maximum atomic E-state index is 5.49. The molecule has 0 radical (unpaired) electrons. The van der Waals surface area contributed by atoms with Crippen LogP contribution >= 0.6 is 22.7 Å². The molecule has 1 aromatic carbocycles. The molecule has 3 aromatic rings. The summed E-state index contributed by atoms with van der Waals surface area (Å²) in [5.41, 5.74) is 2.14. The zero-order valence-corrected chi connectivity index (χ0v) is 18.4. The Morgan fingerprint density at radius 3 is 2.54 bits per heavy atom. The molecule has 0 bridgehead atoms. The largest absolute Gasteiger partial charge is 0.496 e. The van der Waals surface area contributed by atoms with Gasteiger partial charge in [0.1, 0.15) is 10.8 Å². The Labute approximate surface area is 174 Å². The lowest BCUT2D eigenvalue weighted by Gasteiger charge is -2.30. The van der Waals surface area contributed by atoms with Gasteiger partial charge in [0.05, 0.1) is 17.8 Å². The van der Waals surface area contributed by atoms with Crippen LogP contribution in [0.2, 0.25) is 0 Å². The summed E-state index contributed by atoms with van der Waals surface area (Å²) in [5, 5.41) is 14.4. The van der Waals surface area contributed by atoms with Crippen molar-refractivity contribution < 1.29 is 4.74 Å². The van der Waals surface area contributed by atoms with E-state index in [1.165, 1.54) is 5.01 Å². The number of thiazole rings is 1. The highest BCUT2D eigenvalue weighted by atomic mass is 32.1. The number of hydrogen-bond acceptors (Lipinski definition) is 7. The maximum absolute atomic E-state index is 5.49. The first kappa shape index (κ1) is 19.3. The third-order valence-electron chi connectivity index (χ3n) is 5.08. The fourth-order valence-electron chi connectivity index (χ4n) is 3.42. The molecule has 5 nitrogen and oxygen atoms in total. The topological polar surface area (TPSA) is 51.1 Å². The molecule has 1 saturated heterocycles. The second kappa shape index (κ2) is 7.79. The summed E-state index contributed by atoms with van der Waals surface area (Å²) in [4.78, 5) is 7.31. The normalized spacial score (nSPS) is 15.8. The highest BCUT2D eigenvalue weighted by Gasteiger charge is 2.27. The molecule has 0 atom stereocenters. The molecule has 7 heteroatoms. The molecule has 28 heavy (non-hydrogen) atoms. The van der Waals surface area contributed by atoms with E-state index in [1.807, 2.05) is 18.2 Å². The molecule has 1 aliphatic heterocycles. The fourth-order valence-corrected chi connectivity index (χ4v) is 5.36. The van der Waals surface area contributed by atoms with Gasteiger partial charge in [0.25, 0.3) is 0 Å². The van der Waals surface area contributed by atoms with Crippen LogP contribution in [0.3, 0.4) is 0 Å². The van der Waals surface area contributed by atoms with E-state index in [-0.39, 0.29) is 5.41 Å². The predicted molar refractivity (Wildman–Crippen MR) is 117 cm³/mol. The average molecular weight is 415 g/mol. The number of rotatable bonds is 4. The van der Waals surface area contributed by atoms with E-state index in [1.54, 1.807) is 29.8 Å². The SMILES string of the molecule is COc1ccccc1-c1csc(C2CCN(c3nnc(C(C)(C)C)s3)CC2)n1. The molecule has 0 unspecified atom stereocenters. The van der Waals surface area contributed by atoms with Crippen LogP contribution in [0, 0.1) is 0 Å². The van der Waals surface area contributed by atoms with E-state index in [9.17, 15) is 0 Å². The quantitative estimate of drug-likeness (QED) is 0.576. The summed E-state index contributed by atoms with van der Waals surface area (Å²) in [7, 11) is 1.71. The van der Waals surface area contributed by atoms with Gasteiger partial charge in [-0.05, 0) is 25.0 Å². The number of para-hydroxylation sites is 1. The number of aromatic nitrogens is 3. The number of nitrogens with zero attached hydrogens (tertiary/aromatic N) is 4. The molecule has 0 saturated carbocycles. The summed E-state index contributed by atoms with van der Waals surface area (Å²) in [6.07, 6.45) is 2.20. The van der Waals surface area contributed by atoms with Crippen molar-refractivity contribution in [1.29, 1.82) is 0 Å². The standard InChI is InChI=1S/C21H26N4OS2/c1-21(2,3)19-23-24-20(28-19)25-11-9-14(10-12-25)18-22-16(13-27-18)15-7-5-6-8-17(15)26-4/h5-8,13-14H,9-12H2,1-4H3. The molecule has 0 N–H and O–H groups in total. The van der Waals surface area contributed by atoms with Crippen molar-refractivity contribution in [3.8, 4) is 17.0 Å². The Kier molecular flexibility index (Phi) is 5.38. The zero-order valence-electron chi connectivity index (χ0n) is 16.8. The molecule has 148 valence electrons. The predicted octanol–water partition coefficient (Wildman–Crippen LogP) is 5.35. The van der Waals surface area contributed by atoms with Crippen LogP contribution in [0.15, 0.2) is 29.6 Å². The molecule has 0 amide bonds. The second-order valence-electron chi connectivity index (χ2n) is 8.17. The van der Waals surface area contributed by atoms with Gasteiger partial charge in [0, 0.05) is 35.4 Å². The van der Waals surface area contributed by atoms with Crippen LogP contribution in [-0.4, -0.2) is 35.4 Å². The van der Waals surface area contributed by atoms with Crippen molar-refractivity contribution in [1.82, 2.24) is 15.2 Å². The number of ether oxygens (including phenoxy) is 1. The first-order valence-corrected chi connectivity index (χ1v) is 11.3. The first-order chi connectivity index (χ1) is 13.5. The zero-order chi connectivity index (χ0) is 19.7. The highest BCUT2D eigenvalue weighted by Crippen LogP contribution is 2.37. The van der Waals surface area contributed by atoms with E-state index >= 15 is 0 Å². The lowest BCUT2D eigenvalue weighted by Crippen LogP contribution is -2.32. The van der Waals surface area contributed by atoms with Crippen molar-refractivity contribution in [2.45, 2.75) is 44.9 Å². The number of anilines is 1. The molecule has 4 rings (SSSR count). The maximum Gasteiger partial charge on any atom is 0.208 e. The third kappa shape index (κ3) is 3.91. The average Bonchev–Trinajstić information content (AvgIpc) is 3.38. The fraction of sp³-hybridized carbons (Fsp3) is 0.476. The Hall–Kier alpha value is -1.99. The molecule has 0 aliphatic carbocycles. The monoisotopic (exact) mass is 414 g/mol. The van der Waals surface area contributed by atoms with Crippen molar-refractivity contribution in [2.24, 2.45) is 0 Å². The minimum Gasteiger partial charge on any atom is -0.496 e. The van der Waals surface area contributed by atoms with Crippen molar-refractivity contribution >= 4 is 27.8 Å². The van der Waals surface area contributed by atoms with Crippen molar-refractivity contribution in [3.05, 3.63) is 39.7 Å². The van der Waals surface area contributed by atoms with Gasteiger partial charge in [-0.1, -0.05) is 44.2 Å². The van der Waals surface area contributed by atoms with Crippen LogP contribution in [0.5, 0.6) is 5.75 Å². The van der Waals surface area contributed by atoms with Gasteiger partial charge in [-0.15, -0.1) is 21.5 Å². The van der Waals surface area contributed by atoms with Gasteiger partial charge in [0.2, 0.25) is 5.13 Å². The Morgan fingerprint density at radius 1 is 1.11 bits per heavy atom. The number of benzene rings is 1. The molecule has 0 spiro atoms. The van der Waals surface area contributed by atoms with Crippen LogP contribution in [-0.2, 0) is 5.41 Å². The highest BCUT2D eigenvalue weighted by molar-refractivity contribution is 7.15. The Balaban J connectivity index is 1.43. The first-order valence-electron chi connectivity index (χ1n) is 9.63. The minimum absolute atomic E-state index is 0.0595. The Morgan fingerprint density at radius 2 is 1.86 bits per heavy atom. The van der Waals surface area contributed by atoms with E-state index < -0.39 is 0 Å². The van der Waals surface area contributed by atoms with Crippen LogP contribution in [0.1, 0.15) is 49.5 Å². The number of methoxy groups -OCH3 is 1. The molecule has 3 heterocycles. The van der Waals surface area contributed by atoms with E-state index in [2.05, 4.69) is 47.3 Å². The van der Waals surface area contributed by atoms with E-state index in [0.717, 1.165) is 53.1 Å². The third-order valence-corrected chi connectivity index (χ3v) is 7.49. The summed E-state index contributed by atoms with van der Waals surface area (Å²) in [5.74, 6) is 1.39. The van der Waals surface area contributed by atoms with Crippen LogP contribution in [0.4, 0.5) is 5.13 Å². The van der Waals surface area contributed by atoms with Crippen LogP contribution < -0.4 is 9.64 Å². The summed E-state index contributed by atoms with van der Waals surface area (Å²) < 4.78 is 5.49. The molecular weight excluding hydrogens is 388 g/mol. The molecular formula is C21H26N4OS2. The van der Waals surface area contributed by atoms with Gasteiger partial charge in [0.15, 0.2) is 0 Å². The van der Waals surface area contributed by atoms with Gasteiger partial charge in [-0.2, -0.15) is 0 Å². The van der Waals surface area contributed by atoms with Gasteiger partial charge in [-0.25, -0.2) is 4.98 Å². The van der Waals surface area contributed by atoms with Gasteiger partial charge < -0.3 is 9.64 Å². The summed E-state index contributed by atoms with van der Waals surface area (Å²) in [6.45, 7) is 8.57. The Bertz CT molecular complexity index is 936. The van der Waals surface area contributed by atoms with E-state index in [4.69, 9.17) is 9.72 Å². The van der Waals surface area contributed by atoms with Crippen molar-refractivity contribution in [2.75, 3.05) is 25.1 Å². The molecule has 1 fully saturated rings. The lowest BCUT2D eigenvalue weighted by atomic mass is 9.98. The smallest absolute Gasteiger partial charge is 0.208 e. The molecule has 1 aliphatic rings. The summed E-state index contributed by atoms with van der Waals surface area (Å²) in [6, 6.07) is 8.08. The van der Waals surface area contributed by atoms with Crippen molar-refractivity contribution in [3.63, 3.8) is 0 Å². The second-order valence-corrected chi connectivity index (χ2v) is 10.0. The lowest BCUT2D eigenvalue weighted by molar-refractivity contribution is 0.416. The summed E-state index contributed by atoms with van der Waals surface area (Å²) >= 11 is 3.49. The molecule has 2 aromatic heterocycles. The minimum atomic E-state index is 0.0595.